The van der Waals surface area contributed by atoms with E-state index >= 15 is 0 Å². The van der Waals surface area contributed by atoms with Crippen LogP contribution in [-0.4, -0.2) is 38.9 Å². The summed E-state index contributed by atoms with van der Waals surface area (Å²) in [5, 5.41) is 3.94. The number of amides is 1. The largest absolute Gasteiger partial charge is 0.497 e. The van der Waals surface area contributed by atoms with Crippen LogP contribution in [0.2, 0.25) is 0 Å². The molecule has 3 aromatic rings. The van der Waals surface area contributed by atoms with Gasteiger partial charge in [-0.05, 0) is 85.1 Å². The van der Waals surface area contributed by atoms with Crippen molar-refractivity contribution in [3.05, 3.63) is 82.9 Å². The van der Waals surface area contributed by atoms with Crippen LogP contribution in [0, 0.1) is 13.8 Å². The molecule has 0 aromatic heterocycles. The van der Waals surface area contributed by atoms with Gasteiger partial charge in [0.05, 0.1) is 26.0 Å². The van der Waals surface area contributed by atoms with Crippen molar-refractivity contribution in [1.29, 1.82) is 0 Å². The smallest absolute Gasteiger partial charge is 0.343 e. The first kappa shape index (κ1) is 24.3. The van der Waals surface area contributed by atoms with Gasteiger partial charge in [0.15, 0.2) is 18.1 Å². The minimum Gasteiger partial charge on any atom is -0.497 e. The van der Waals surface area contributed by atoms with Crippen molar-refractivity contribution in [1.82, 2.24) is 5.43 Å². The van der Waals surface area contributed by atoms with Gasteiger partial charge in [0.1, 0.15) is 11.5 Å². The van der Waals surface area contributed by atoms with Crippen LogP contribution in [0.25, 0.3) is 0 Å². The van der Waals surface area contributed by atoms with Gasteiger partial charge in [-0.25, -0.2) is 10.2 Å². The summed E-state index contributed by atoms with van der Waals surface area (Å²) in [7, 11) is 3.02. The number of hydrogen-bond donors (Lipinski definition) is 1. The van der Waals surface area contributed by atoms with E-state index in [1.54, 1.807) is 49.6 Å². The number of benzene rings is 3. The summed E-state index contributed by atoms with van der Waals surface area (Å²) >= 11 is 0. The Hall–Kier alpha value is -4.33. The Labute approximate surface area is 198 Å². The molecule has 8 heteroatoms. The van der Waals surface area contributed by atoms with Crippen LogP contribution < -0.4 is 24.4 Å². The van der Waals surface area contributed by atoms with Crippen molar-refractivity contribution in [3.63, 3.8) is 0 Å². The fourth-order valence-corrected chi connectivity index (χ4v) is 2.90. The summed E-state index contributed by atoms with van der Waals surface area (Å²) < 4.78 is 21.3. The molecular weight excluding hydrogens is 436 g/mol. The molecule has 0 heterocycles. The number of rotatable bonds is 9. The predicted molar refractivity (Wildman–Crippen MR) is 128 cm³/mol. The molecule has 0 aliphatic carbocycles. The highest BCUT2D eigenvalue weighted by molar-refractivity contribution is 5.92. The number of carbonyl (C=O) groups excluding carboxylic acids is 2. The maximum atomic E-state index is 12.4. The zero-order valence-corrected chi connectivity index (χ0v) is 19.5. The van der Waals surface area contributed by atoms with Crippen molar-refractivity contribution >= 4 is 18.1 Å². The van der Waals surface area contributed by atoms with E-state index in [4.69, 9.17) is 18.9 Å². The predicted octanol–water partition coefficient (Wildman–Crippen LogP) is 4.07. The Morgan fingerprint density at radius 1 is 0.853 bits per heavy atom. The molecule has 1 amide bonds. The molecule has 34 heavy (non-hydrogen) atoms. The first-order chi connectivity index (χ1) is 16.4. The van der Waals surface area contributed by atoms with Gasteiger partial charge in [0.2, 0.25) is 0 Å². The van der Waals surface area contributed by atoms with E-state index in [-0.39, 0.29) is 12.4 Å². The quantitative estimate of drug-likeness (QED) is 0.223. The molecule has 0 unspecified atom stereocenters. The summed E-state index contributed by atoms with van der Waals surface area (Å²) in [6.07, 6.45) is 1.45. The van der Waals surface area contributed by atoms with Gasteiger partial charge in [-0.2, -0.15) is 5.10 Å². The first-order valence-corrected chi connectivity index (χ1v) is 10.5. The van der Waals surface area contributed by atoms with Gasteiger partial charge in [-0.3, -0.25) is 4.79 Å². The molecule has 1 N–H and O–H groups in total. The first-order valence-electron chi connectivity index (χ1n) is 10.5. The molecule has 0 saturated heterocycles. The van der Waals surface area contributed by atoms with E-state index in [9.17, 15) is 9.59 Å². The second kappa shape index (κ2) is 11.5. The zero-order valence-electron chi connectivity index (χ0n) is 19.5. The van der Waals surface area contributed by atoms with Crippen LogP contribution in [-0.2, 0) is 4.79 Å². The van der Waals surface area contributed by atoms with E-state index in [1.807, 2.05) is 32.0 Å². The third kappa shape index (κ3) is 6.59. The average molecular weight is 463 g/mol. The highest BCUT2D eigenvalue weighted by Gasteiger charge is 2.13. The second-order valence-electron chi connectivity index (χ2n) is 7.36. The number of methoxy groups -OCH3 is 2. The molecular formula is C26H26N2O6. The van der Waals surface area contributed by atoms with E-state index < -0.39 is 11.9 Å². The lowest BCUT2D eigenvalue weighted by atomic mass is 10.1. The lowest BCUT2D eigenvalue weighted by Gasteiger charge is -2.10. The molecule has 0 saturated carbocycles. The van der Waals surface area contributed by atoms with Crippen LogP contribution in [0.3, 0.4) is 0 Å². The Morgan fingerprint density at radius 2 is 1.59 bits per heavy atom. The van der Waals surface area contributed by atoms with Crippen LogP contribution >= 0.6 is 0 Å². The molecule has 0 atom stereocenters. The SMILES string of the molecule is COc1ccc(C(=O)Oc2ccc(C=NNC(=O)COc3ccc(C)c(C)c3)cc2OC)cc1. The van der Waals surface area contributed by atoms with Gasteiger partial charge < -0.3 is 18.9 Å². The van der Waals surface area contributed by atoms with E-state index in [0.29, 0.717) is 28.4 Å². The van der Waals surface area contributed by atoms with Crippen LogP contribution in [0.1, 0.15) is 27.0 Å². The third-order valence-electron chi connectivity index (χ3n) is 4.97. The summed E-state index contributed by atoms with van der Waals surface area (Å²) in [5.41, 5.74) is 5.66. The van der Waals surface area contributed by atoms with Crippen molar-refractivity contribution in [2.24, 2.45) is 5.10 Å². The molecule has 3 aromatic carbocycles. The molecule has 0 fully saturated rings. The second-order valence-corrected chi connectivity index (χ2v) is 7.36. The highest BCUT2D eigenvalue weighted by Crippen LogP contribution is 2.28. The summed E-state index contributed by atoms with van der Waals surface area (Å²) in [6, 6.07) is 17.1. The van der Waals surface area contributed by atoms with E-state index in [2.05, 4.69) is 10.5 Å². The van der Waals surface area contributed by atoms with Gasteiger partial charge in [0.25, 0.3) is 5.91 Å². The van der Waals surface area contributed by atoms with E-state index in [1.165, 1.54) is 13.3 Å². The number of nitrogens with one attached hydrogen (secondary N) is 1. The standard InChI is InChI=1S/C26H26N2O6/c1-17-5-9-22(13-18(17)2)33-16-25(29)28-27-15-19-6-12-23(24(14-19)32-4)34-26(30)20-7-10-21(31-3)11-8-20/h5-15H,16H2,1-4H3,(H,28,29). The Bertz CT molecular complexity index is 1190. The molecule has 3 rings (SSSR count). The molecule has 0 bridgehead atoms. The number of hydrazone groups is 1. The highest BCUT2D eigenvalue weighted by atomic mass is 16.6. The molecule has 0 aliphatic heterocycles. The zero-order chi connectivity index (χ0) is 24.5. The third-order valence-corrected chi connectivity index (χ3v) is 4.97. The monoisotopic (exact) mass is 462 g/mol. The average Bonchev–Trinajstić information content (AvgIpc) is 2.85. The van der Waals surface area contributed by atoms with Crippen molar-refractivity contribution in [2.45, 2.75) is 13.8 Å². The van der Waals surface area contributed by atoms with Crippen LogP contribution in [0.5, 0.6) is 23.0 Å². The topological polar surface area (TPSA) is 95.5 Å². The van der Waals surface area contributed by atoms with Gasteiger partial charge in [-0.15, -0.1) is 0 Å². The molecule has 0 spiro atoms. The number of carbonyl (C=O) groups is 2. The number of ether oxygens (including phenoxy) is 4. The maximum Gasteiger partial charge on any atom is 0.343 e. The molecule has 0 radical (unpaired) electrons. The summed E-state index contributed by atoms with van der Waals surface area (Å²) in [5.74, 6) is 0.930. The summed E-state index contributed by atoms with van der Waals surface area (Å²) in [6.45, 7) is 3.82. The Balaban J connectivity index is 1.56. The number of nitrogens with zero attached hydrogens (tertiary/aromatic N) is 1. The van der Waals surface area contributed by atoms with Crippen molar-refractivity contribution in [3.8, 4) is 23.0 Å². The molecule has 8 nitrogen and oxygen atoms in total. The van der Waals surface area contributed by atoms with Crippen molar-refractivity contribution in [2.75, 3.05) is 20.8 Å². The van der Waals surface area contributed by atoms with Crippen molar-refractivity contribution < 1.29 is 28.5 Å². The van der Waals surface area contributed by atoms with Gasteiger partial charge in [0, 0.05) is 0 Å². The van der Waals surface area contributed by atoms with Crippen LogP contribution in [0.15, 0.2) is 65.8 Å². The summed E-state index contributed by atoms with van der Waals surface area (Å²) in [4.78, 5) is 24.4. The van der Waals surface area contributed by atoms with Crippen LogP contribution in [0.4, 0.5) is 0 Å². The van der Waals surface area contributed by atoms with E-state index in [0.717, 1.165) is 11.1 Å². The Kier molecular flexibility index (Phi) is 8.23. The minimum absolute atomic E-state index is 0.163. The number of esters is 1. The Morgan fingerprint density at radius 3 is 2.26 bits per heavy atom. The lowest BCUT2D eigenvalue weighted by molar-refractivity contribution is -0.123. The number of aryl methyl sites for hydroxylation is 2. The van der Waals surface area contributed by atoms with Gasteiger partial charge >= 0.3 is 5.97 Å². The maximum absolute atomic E-state index is 12.4. The molecule has 176 valence electrons. The van der Waals surface area contributed by atoms with Gasteiger partial charge in [-0.1, -0.05) is 6.07 Å². The normalized spacial score (nSPS) is 10.6. The lowest BCUT2D eigenvalue weighted by Crippen LogP contribution is -2.24. The fourth-order valence-electron chi connectivity index (χ4n) is 2.90. The molecule has 0 aliphatic rings. The number of hydrogen-bond acceptors (Lipinski definition) is 7. The minimum atomic E-state index is -0.529. The fraction of sp³-hybridized carbons (Fsp3) is 0.192.